The Hall–Kier alpha value is -1.43. The van der Waals surface area contributed by atoms with Gasteiger partial charge in [-0.25, -0.2) is 0 Å². The van der Waals surface area contributed by atoms with Crippen LogP contribution in [0.5, 0.6) is 0 Å². The molecule has 0 unspecified atom stereocenters. The van der Waals surface area contributed by atoms with Crippen molar-refractivity contribution in [1.29, 1.82) is 0 Å². The van der Waals surface area contributed by atoms with E-state index in [0.717, 1.165) is 23.0 Å². The van der Waals surface area contributed by atoms with Crippen LogP contribution in [0.15, 0.2) is 58.3 Å². The van der Waals surface area contributed by atoms with Crippen LogP contribution in [-0.2, 0) is 0 Å². The molecule has 1 aliphatic rings. The SMILES string of the molecule is ClC1(Cl)C[C@@H]1CSc1nnc(-c2ccco2)n1-c1ccccc1. The molecule has 7 heteroatoms. The number of halogens is 2. The molecule has 3 aromatic rings. The van der Waals surface area contributed by atoms with Crippen LogP contribution in [-0.4, -0.2) is 24.9 Å². The minimum atomic E-state index is -0.575. The highest BCUT2D eigenvalue weighted by atomic mass is 35.5. The molecule has 23 heavy (non-hydrogen) atoms. The maximum Gasteiger partial charge on any atom is 0.205 e. The lowest BCUT2D eigenvalue weighted by atomic mass is 10.3. The molecule has 2 heterocycles. The fourth-order valence-electron chi connectivity index (χ4n) is 2.36. The smallest absolute Gasteiger partial charge is 0.205 e. The summed E-state index contributed by atoms with van der Waals surface area (Å²) in [4.78, 5) is 0. The highest BCUT2D eigenvalue weighted by Gasteiger charge is 2.51. The summed E-state index contributed by atoms with van der Waals surface area (Å²) < 4.78 is 6.91. The lowest BCUT2D eigenvalue weighted by Crippen LogP contribution is -2.00. The molecule has 118 valence electrons. The molecule has 2 aromatic heterocycles. The lowest BCUT2D eigenvalue weighted by molar-refractivity contribution is 0.575. The van der Waals surface area contributed by atoms with E-state index in [1.54, 1.807) is 18.0 Å². The van der Waals surface area contributed by atoms with Crippen molar-refractivity contribution in [3.05, 3.63) is 48.7 Å². The first kappa shape index (κ1) is 15.1. The molecule has 0 aliphatic heterocycles. The van der Waals surface area contributed by atoms with Crippen molar-refractivity contribution >= 4 is 35.0 Å². The van der Waals surface area contributed by atoms with Crippen LogP contribution in [0.4, 0.5) is 0 Å². The maximum absolute atomic E-state index is 6.11. The summed E-state index contributed by atoms with van der Waals surface area (Å²) in [5.41, 5.74) is 0.991. The number of benzene rings is 1. The molecule has 1 fully saturated rings. The van der Waals surface area contributed by atoms with Crippen molar-refractivity contribution < 1.29 is 4.42 Å². The van der Waals surface area contributed by atoms with E-state index in [9.17, 15) is 0 Å². The van der Waals surface area contributed by atoms with Gasteiger partial charge < -0.3 is 4.42 Å². The molecule has 0 saturated heterocycles. The van der Waals surface area contributed by atoms with Crippen LogP contribution in [0.25, 0.3) is 17.3 Å². The molecule has 4 nitrogen and oxygen atoms in total. The van der Waals surface area contributed by atoms with Gasteiger partial charge in [-0.3, -0.25) is 4.57 Å². The predicted molar refractivity (Wildman–Crippen MR) is 92.3 cm³/mol. The van der Waals surface area contributed by atoms with Crippen LogP contribution < -0.4 is 0 Å². The normalized spacial score (nSPS) is 19.0. The van der Waals surface area contributed by atoms with Gasteiger partial charge >= 0.3 is 0 Å². The van der Waals surface area contributed by atoms with Crippen molar-refractivity contribution in [1.82, 2.24) is 14.8 Å². The Morgan fingerprint density at radius 3 is 2.61 bits per heavy atom. The van der Waals surface area contributed by atoms with Crippen molar-refractivity contribution in [2.24, 2.45) is 5.92 Å². The summed E-state index contributed by atoms with van der Waals surface area (Å²) >= 11 is 13.8. The fourth-order valence-corrected chi connectivity index (χ4v) is 4.25. The summed E-state index contributed by atoms with van der Waals surface area (Å²) in [7, 11) is 0. The van der Waals surface area contributed by atoms with E-state index in [1.165, 1.54) is 0 Å². The van der Waals surface area contributed by atoms with Gasteiger partial charge in [-0.2, -0.15) is 0 Å². The van der Waals surface area contributed by atoms with Crippen LogP contribution in [0.3, 0.4) is 0 Å². The Morgan fingerprint density at radius 1 is 1.17 bits per heavy atom. The van der Waals surface area contributed by atoms with Gasteiger partial charge in [0.1, 0.15) is 4.33 Å². The van der Waals surface area contributed by atoms with E-state index in [4.69, 9.17) is 27.6 Å². The number of thioether (sulfide) groups is 1. The van der Waals surface area contributed by atoms with E-state index >= 15 is 0 Å². The van der Waals surface area contributed by atoms with Crippen LogP contribution in [0.1, 0.15) is 6.42 Å². The van der Waals surface area contributed by atoms with E-state index in [-0.39, 0.29) is 0 Å². The number of hydrogen-bond donors (Lipinski definition) is 0. The van der Waals surface area contributed by atoms with Gasteiger partial charge in [0.15, 0.2) is 10.9 Å². The zero-order valence-electron chi connectivity index (χ0n) is 12.0. The van der Waals surface area contributed by atoms with Gasteiger partial charge in [-0.15, -0.1) is 33.4 Å². The average Bonchev–Trinajstić information content (AvgIpc) is 2.98. The first-order valence-electron chi connectivity index (χ1n) is 7.20. The fraction of sp³-hybridized carbons (Fsp3) is 0.250. The second-order valence-electron chi connectivity index (χ2n) is 5.43. The summed E-state index contributed by atoms with van der Waals surface area (Å²) in [5.74, 6) is 2.48. The zero-order chi connectivity index (χ0) is 15.9. The van der Waals surface area contributed by atoms with Gasteiger partial charge in [0.2, 0.25) is 5.82 Å². The number of nitrogens with zero attached hydrogens (tertiary/aromatic N) is 3. The first-order chi connectivity index (χ1) is 11.1. The van der Waals surface area contributed by atoms with E-state index in [0.29, 0.717) is 17.5 Å². The quantitative estimate of drug-likeness (QED) is 0.480. The molecule has 0 spiro atoms. The summed E-state index contributed by atoms with van der Waals surface area (Å²) in [6.45, 7) is 0. The second kappa shape index (κ2) is 5.89. The third-order valence-electron chi connectivity index (χ3n) is 3.76. The van der Waals surface area contributed by atoms with Crippen molar-refractivity contribution in [2.45, 2.75) is 15.9 Å². The molecule has 0 amide bonds. The molecule has 1 aliphatic carbocycles. The second-order valence-corrected chi connectivity index (χ2v) is 7.96. The molecule has 0 N–H and O–H groups in total. The van der Waals surface area contributed by atoms with Crippen molar-refractivity contribution in [3.63, 3.8) is 0 Å². The van der Waals surface area contributed by atoms with E-state index in [1.807, 2.05) is 47.0 Å². The largest absolute Gasteiger partial charge is 0.461 e. The number of furan rings is 1. The standard InChI is InChI=1S/C16H13Cl2N3OS/c17-16(18)9-11(16)10-23-15-20-19-14(13-7-4-8-22-13)21(15)12-5-2-1-3-6-12/h1-8,11H,9-10H2/t11-/m1/s1. The Labute approximate surface area is 147 Å². The van der Waals surface area contributed by atoms with Gasteiger partial charge in [-0.1, -0.05) is 30.0 Å². The van der Waals surface area contributed by atoms with E-state index < -0.39 is 4.33 Å². The highest BCUT2D eigenvalue weighted by Crippen LogP contribution is 2.54. The van der Waals surface area contributed by atoms with E-state index in [2.05, 4.69) is 10.2 Å². The van der Waals surface area contributed by atoms with Crippen molar-refractivity contribution in [3.8, 4) is 17.3 Å². The number of alkyl halides is 2. The number of hydrogen-bond acceptors (Lipinski definition) is 4. The monoisotopic (exact) mass is 365 g/mol. The average molecular weight is 366 g/mol. The predicted octanol–water partition coefficient (Wildman–Crippen LogP) is 4.81. The third kappa shape index (κ3) is 3.01. The lowest BCUT2D eigenvalue weighted by Gasteiger charge is -2.09. The van der Waals surface area contributed by atoms with Crippen molar-refractivity contribution in [2.75, 3.05) is 5.75 Å². The highest BCUT2D eigenvalue weighted by molar-refractivity contribution is 7.99. The Bertz CT molecular complexity index is 802. The summed E-state index contributed by atoms with van der Waals surface area (Å²) in [6.07, 6.45) is 2.46. The molecule has 1 saturated carbocycles. The Morgan fingerprint density at radius 2 is 1.96 bits per heavy atom. The topological polar surface area (TPSA) is 43.9 Å². The minimum Gasteiger partial charge on any atom is -0.461 e. The molecular formula is C16H13Cl2N3OS. The van der Waals surface area contributed by atoms with Gasteiger partial charge in [0, 0.05) is 17.4 Å². The minimum absolute atomic E-state index is 0.295. The first-order valence-corrected chi connectivity index (χ1v) is 8.94. The summed E-state index contributed by atoms with van der Waals surface area (Å²) in [6, 6.07) is 13.7. The van der Waals surface area contributed by atoms with Gasteiger partial charge in [0.25, 0.3) is 0 Å². The number of rotatable bonds is 5. The molecule has 0 bridgehead atoms. The van der Waals surface area contributed by atoms with Gasteiger partial charge in [0.05, 0.1) is 6.26 Å². The number of aromatic nitrogens is 3. The van der Waals surface area contributed by atoms with Crippen LogP contribution >= 0.6 is 35.0 Å². The molecule has 0 radical (unpaired) electrons. The van der Waals surface area contributed by atoms with Crippen LogP contribution in [0, 0.1) is 5.92 Å². The zero-order valence-corrected chi connectivity index (χ0v) is 14.4. The number of para-hydroxylation sites is 1. The Kier molecular flexibility index (Phi) is 3.87. The molecule has 1 aromatic carbocycles. The van der Waals surface area contributed by atoms with Crippen LogP contribution in [0.2, 0.25) is 0 Å². The maximum atomic E-state index is 6.11. The summed E-state index contributed by atoms with van der Waals surface area (Å²) in [5, 5.41) is 9.43. The Balaban J connectivity index is 1.69. The molecule has 1 atom stereocenters. The third-order valence-corrected chi connectivity index (χ3v) is 5.78. The molecular weight excluding hydrogens is 353 g/mol. The van der Waals surface area contributed by atoms with Gasteiger partial charge in [-0.05, 0) is 30.7 Å². The molecule has 4 rings (SSSR count).